The molecule has 90 valence electrons. The van der Waals surface area contributed by atoms with Gasteiger partial charge in [0.2, 0.25) is 0 Å². The number of halogens is 1. The zero-order valence-electron chi connectivity index (χ0n) is 9.14. The molecule has 1 aromatic rings. The Morgan fingerprint density at radius 3 is 2.29 bits per heavy atom. The Labute approximate surface area is 107 Å². The number of rotatable bonds is 4. The molecule has 0 amide bonds. The molecule has 1 rings (SSSR count). The Hall–Kier alpha value is -1.62. The normalized spacial score (nSPS) is 11.6. The highest BCUT2D eigenvalue weighted by atomic mass is 79.9. The molecule has 1 atom stereocenters. The Kier molecular flexibility index (Phi) is 4.45. The van der Waals surface area contributed by atoms with Gasteiger partial charge in [0, 0.05) is 11.4 Å². The van der Waals surface area contributed by atoms with E-state index in [0.717, 1.165) is 4.47 Å². The highest BCUT2D eigenvalue weighted by molar-refractivity contribution is 9.10. The summed E-state index contributed by atoms with van der Waals surface area (Å²) in [5.41, 5.74) is 0.387. The molecule has 0 radical (unpaired) electrons. The van der Waals surface area contributed by atoms with E-state index in [0.29, 0.717) is 5.56 Å². The van der Waals surface area contributed by atoms with E-state index in [2.05, 4.69) is 22.5 Å². The van der Waals surface area contributed by atoms with Gasteiger partial charge in [-0.25, -0.2) is 4.79 Å². The number of carbonyl (C=O) groups is 2. The summed E-state index contributed by atoms with van der Waals surface area (Å²) in [6, 6.07) is 6.82. The van der Waals surface area contributed by atoms with Crippen molar-refractivity contribution in [1.82, 2.24) is 0 Å². The third kappa shape index (κ3) is 3.71. The van der Waals surface area contributed by atoms with Gasteiger partial charge in [0.1, 0.15) is 0 Å². The SMILES string of the molecule is C=C(C(=O)O)C(OC(C)=O)c1ccc(Br)cc1. The third-order valence-electron chi connectivity index (χ3n) is 2.05. The maximum atomic E-state index is 11.0. The molecular weight excluding hydrogens is 288 g/mol. The molecule has 5 heteroatoms. The minimum atomic E-state index is -1.20. The third-order valence-corrected chi connectivity index (χ3v) is 2.58. The Bertz CT molecular complexity index is 450. The molecular formula is C12H11BrO4. The molecule has 0 fully saturated rings. The molecule has 1 N–H and O–H groups in total. The second-order valence-electron chi connectivity index (χ2n) is 3.37. The summed E-state index contributed by atoms with van der Waals surface area (Å²) in [7, 11) is 0. The summed E-state index contributed by atoms with van der Waals surface area (Å²) in [6.45, 7) is 4.64. The second kappa shape index (κ2) is 5.63. The maximum Gasteiger partial charge on any atom is 0.335 e. The van der Waals surface area contributed by atoms with Gasteiger partial charge in [0.05, 0.1) is 5.57 Å². The Balaban J connectivity index is 3.05. The van der Waals surface area contributed by atoms with E-state index in [1.165, 1.54) is 6.92 Å². The number of ether oxygens (including phenoxy) is 1. The summed E-state index contributed by atoms with van der Waals surface area (Å²) < 4.78 is 5.82. The smallest absolute Gasteiger partial charge is 0.335 e. The summed E-state index contributed by atoms with van der Waals surface area (Å²) in [4.78, 5) is 21.8. The van der Waals surface area contributed by atoms with Gasteiger partial charge in [-0.2, -0.15) is 0 Å². The standard InChI is InChI=1S/C12H11BrO4/c1-7(12(15)16)11(17-8(2)14)9-3-5-10(13)6-4-9/h3-6,11H,1H2,2H3,(H,15,16). The lowest BCUT2D eigenvalue weighted by Crippen LogP contribution is -2.15. The van der Waals surface area contributed by atoms with Gasteiger partial charge in [-0.1, -0.05) is 34.6 Å². The van der Waals surface area contributed by atoms with E-state index < -0.39 is 18.0 Å². The zero-order valence-corrected chi connectivity index (χ0v) is 10.7. The van der Waals surface area contributed by atoms with E-state index in [9.17, 15) is 9.59 Å². The molecule has 17 heavy (non-hydrogen) atoms. The number of hydrogen-bond donors (Lipinski definition) is 1. The number of benzene rings is 1. The van der Waals surface area contributed by atoms with E-state index in [4.69, 9.17) is 9.84 Å². The first-order chi connectivity index (χ1) is 7.91. The van der Waals surface area contributed by atoms with Crippen LogP contribution in [0.4, 0.5) is 0 Å². The van der Waals surface area contributed by atoms with Crippen LogP contribution in [0.1, 0.15) is 18.6 Å². The number of esters is 1. The Morgan fingerprint density at radius 1 is 1.35 bits per heavy atom. The molecule has 4 nitrogen and oxygen atoms in total. The number of carboxylic acid groups (broad SMARTS) is 1. The summed E-state index contributed by atoms with van der Waals surface area (Å²) in [5, 5.41) is 8.88. The monoisotopic (exact) mass is 298 g/mol. The predicted molar refractivity (Wildman–Crippen MR) is 65.4 cm³/mol. The quantitative estimate of drug-likeness (QED) is 0.686. The van der Waals surface area contributed by atoms with Crippen LogP contribution in [0.2, 0.25) is 0 Å². The number of hydrogen-bond acceptors (Lipinski definition) is 3. The van der Waals surface area contributed by atoms with Crippen LogP contribution in [-0.2, 0) is 14.3 Å². The van der Waals surface area contributed by atoms with Crippen molar-refractivity contribution in [3.8, 4) is 0 Å². The van der Waals surface area contributed by atoms with Crippen molar-refractivity contribution in [1.29, 1.82) is 0 Å². The molecule has 0 aromatic heterocycles. The molecule has 1 unspecified atom stereocenters. The first-order valence-corrected chi connectivity index (χ1v) is 5.56. The first-order valence-electron chi connectivity index (χ1n) is 4.76. The second-order valence-corrected chi connectivity index (χ2v) is 4.29. The lowest BCUT2D eigenvalue weighted by molar-refractivity contribution is -0.146. The number of carboxylic acids is 1. The summed E-state index contributed by atoms with van der Waals surface area (Å²) in [5.74, 6) is -1.75. The highest BCUT2D eigenvalue weighted by Crippen LogP contribution is 2.26. The molecule has 0 bridgehead atoms. The molecule has 0 aliphatic carbocycles. The van der Waals surface area contributed by atoms with E-state index >= 15 is 0 Å². The van der Waals surface area contributed by atoms with Crippen molar-refractivity contribution in [2.24, 2.45) is 0 Å². The fourth-order valence-corrected chi connectivity index (χ4v) is 1.52. The fourth-order valence-electron chi connectivity index (χ4n) is 1.26. The highest BCUT2D eigenvalue weighted by Gasteiger charge is 2.23. The topological polar surface area (TPSA) is 63.6 Å². The molecule has 0 aliphatic rings. The minimum Gasteiger partial charge on any atom is -0.478 e. The molecule has 0 saturated heterocycles. The van der Waals surface area contributed by atoms with Gasteiger partial charge >= 0.3 is 11.9 Å². The van der Waals surface area contributed by atoms with E-state index in [1.807, 2.05) is 0 Å². The van der Waals surface area contributed by atoms with Gasteiger partial charge in [0.25, 0.3) is 0 Å². The average molecular weight is 299 g/mol. The van der Waals surface area contributed by atoms with Gasteiger partial charge in [-0.15, -0.1) is 0 Å². The van der Waals surface area contributed by atoms with Crippen LogP contribution < -0.4 is 0 Å². The molecule has 0 heterocycles. The molecule has 1 aromatic carbocycles. The van der Waals surface area contributed by atoms with E-state index in [-0.39, 0.29) is 5.57 Å². The Morgan fingerprint density at radius 2 is 1.88 bits per heavy atom. The van der Waals surface area contributed by atoms with Crippen molar-refractivity contribution >= 4 is 27.9 Å². The van der Waals surface area contributed by atoms with Gasteiger partial charge in [0.15, 0.2) is 6.10 Å². The van der Waals surface area contributed by atoms with Gasteiger partial charge in [-0.05, 0) is 17.7 Å². The lowest BCUT2D eigenvalue weighted by atomic mass is 10.0. The molecule has 0 saturated carbocycles. The van der Waals surface area contributed by atoms with Gasteiger partial charge < -0.3 is 9.84 Å². The van der Waals surface area contributed by atoms with Crippen LogP contribution >= 0.6 is 15.9 Å². The van der Waals surface area contributed by atoms with Gasteiger partial charge in [-0.3, -0.25) is 4.79 Å². The van der Waals surface area contributed by atoms with Crippen molar-refractivity contribution in [2.45, 2.75) is 13.0 Å². The van der Waals surface area contributed by atoms with Crippen LogP contribution in [-0.4, -0.2) is 17.0 Å². The van der Waals surface area contributed by atoms with Crippen molar-refractivity contribution < 1.29 is 19.4 Å². The average Bonchev–Trinajstić information content (AvgIpc) is 2.26. The predicted octanol–water partition coefficient (Wildman–Crippen LogP) is 2.69. The van der Waals surface area contributed by atoms with Crippen LogP contribution in [0.3, 0.4) is 0 Å². The van der Waals surface area contributed by atoms with Crippen molar-refractivity contribution in [3.63, 3.8) is 0 Å². The largest absolute Gasteiger partial charge is 0.478 e. The van der Waals surface area contributed by atoms with Crippen LogP contribution in [0, 0.1) is 0 Å². The van der Waals surface area contributed by atoms with Crippen LogP contribution in [0.5, 0.6) is 0 Å². The maximum absolute atomic E-state index is 11.0. The minimum absolute atomic E-state index is 0.178. The fraction of sp³-hybridized carbons (Fsp3) is 0.167. The number of carbonyl (C=O) groups excluding carboxylic acids is 1. The zero-order chi connectivity index (χ0) is 13.0. The first kappa shape index (κ1) is 13.4. The van der Waals surface area contributed by atoms with Crippen LogP contribution in [0.25, 0.3) is 0 Å². The van der Waals surface area contributed by atoms with Crippen LogP contribution in [0.15, 0.2) is 40.9 Å². The van der Waals surface area contributed by atoms with E-state index in [1.54, 1.807) is 24.3 Å². The van der Waals surface area contributed by atoms with Crippen molar-refractivity contribution in [3.05, 3.63) is 46.5 Å². The van der Waals surface area contributed by atoms with Crippen molar-refractivity contribution in [2.75, 3.05) is 0 Å². The number of aliphatic carboxylic acids is 1. The summed E-state index contributed by atoms with van der Waals surface area (Å²) in [6.07, 6.45) is -0.960. The molecule has 0 spiro atoms. The summed E-state index contributed by atoms with van der Waals surface area (Å²) >= 11 is 3.26. The lowest BCUT2D eigenvalue weighted by Gasteiger charge is -2.17. The molecule has 0 aliphatic heterocycles.